The summed E-state index contributed by atoms with van der Waals surface area (Å²) in [5, 5.41) is 0. The molecule has 0 saturated carbocycles. The minimum absolute atomic E-state index is 0.149. The van der Waals surface area contributed by atoms with Crippen LogP contribution in [0.3, 0.4) is 0 Å². The molecule has 0 amide bonds. The van der Waals surface area contributed by atoms with Crippen molar-refractivity contribution in [1.82, 2.24) is 4.98 Å². The van der Waals surface area contributed by atoms with Crippen LogP contribution < -0.4 is 5.73 Å². The normalized spacial score (nSPS) is 10.2. The topological polar surface area (TPSA) is 65.2 Å². The van der Waals surface area contributed by atoms with Crippen molar-refractivity contribution in [2.45, 2.75) is 13.5 Å². The highest BCUT2D eigenvalue weighted by molar-refractivity contribution is 9.10. The van der Waals surface area contributed by atoms with Crippen LogP contribution in [0, 0.1) is 6.92 Å². The molecule has 1 aromatic carbocycles. The lowest BCUT2D eigenvalue weighted by atomic mass is 10.1. The van der Waals surface area contributed by atoms with Gasteiger partial charge in [0.15, 0.2) is 0 Å². The number of aromatic nitrogens is 1. The van der Waals surface area contributed by atoms with Crippen LogP contribution in [-0.2, 0) is 11.3 Å². The standard InChI is InChI=1S/C14H13BrN2O2/c1-9-6-11(16)3-5-13(9)14(18)19-8-12-4-2-10(15)7-17-12/h2-7H,8,16H2,1H3. The zero-order valence-electron chi connectivity index (χ0n) is 10.4. The van der Waals surface area contributed by atoms with Gasteiger partial charge in [0.05, 0.1) is 11.3 Å². The first-order valence-corrected chi connectivity index (χ1v) is 6.49. The molecule has 2 aromatic rings. The lowest BCUT2D eigenvalue weighted by Crippen LogP contribution is -2.08. The molecule has 0 fully saturated rings. The van der Waals surface area contributed by atoms with Gasteiger partial charge in [0.2, 0.25) is 0 Å². The molecular formula is C14H13BrN2O2. The first-order chi connectivity index (χ1) is 9.06. The Kier molecular flexibility index (Phi) is 4.16. The number of esters is 1. The van der Waals surface area contributed by atoms with E-state index in [0.29, 0.717) is 16.9 Å². The maximum atomic E-state index is 11.9. The highest BCUT2D eigenvalue weighted by Gasteiger charge is 2.10. The molecule has 0 aliphatic heterocycles. The molecule has 2 rings (SSSR count). The van der Waals surface area contributed by atoms with E-state index in [0.717, 1.165) is 10.0 Å². The predicted molar refractivity (Wildman–Crippen MR) is 76.6 cm³/mol. The number of pyridine rings is 1. The molecule has 0 saturated heterocycles. The fourth-order valence-electron chi connectivity index (χ4n) is 1.62. The smallest absolute Gasteiger partial charge is 0.338 e. The van der Waals surface area contributed by atoms with Crippen molar-refractivity contribution in [3.8, 4) is 0 Å². The zero-order chi connectivity index (χ0) is 13.8. The van der Waals surface area contributed by atoms with Gasteiger partial charge in [-0.05, 0) is 58.7 Å². The van der Waals surface area contributed by atoms with Gasteiger partial charge in [0, 0.05) is 16.4 Å². The van der Waals surface area contributed by atoms with Crippen molar-refractivity contribution in [2.75, 3.05) is 5.73 Å². The van der Waals surface area contributed by atoms with E-state index in [4.69, 9.17) is 10.5 Å². The second-order valence-electron chi connectivity index (χ2n) is 4.12. The lowest BCUT2D eigenvalue weighted by molar-refractivity contribution is 0.0467. The average molecular weight is 321 g/mol. The molecule has 19 heavy (non-hydrogen) atoms. The molecular weight excluding hydrogens is 308 g/mol. The fraction of sp³-hybridized carbons (Fsp3) is 0.143. The molecule has 0 radical (unpaired) electrons. The van der Waals surface area contributed by atoms with Gasteiger partial charge < -0.3 is 10.5 Å². The number of carbonyl (C=O) groups excluding carboxylic acids is 1. The third-order valence-electron chi connectivity index (χ3n) is 2.61. The van der Waals surface area contributed by atoms with Crippen molar-refractivity contribution < 1.29 is 9.53 Å². The minimum Gasteiger partial charge on any atom is -0.456 e. The molecule has 2 N–H and O–H groups in total. The summed E-state index contributed by atoms with van der Waals surface area (Å²) in [4.78, 5) is 16.1. The first-order valence-electron chi connectivity index (χ1n) is 5.70. The van der Waals surface area contributed by atoms with Gasteiger partial charge >= 0.3 is 5.97 Å². The summed E-state index contributed by atoms with van der Waals surface area (Å²) in [6.45, 7) is 1.97. The van der Waals surface area contributed by atoms with E-state index in [-0.39, 0.29) is 12.6 Å². The zero-order valence-corrected chi connectivity index (χ0v) is 12.0. The molecule has 98 valence electrons. The molecule has 0 spiro atoms. The summed E-state index contributed by atoms with van der Waals surface area (Å²) in [6.07, 6.45) is 1.66. The Labute approximate surface area is 119 Å². The number of nitrogens with two attached hydrogens (primary N) is 1. The number of hydrogen-bond donors (Lipinski definition) is 1. The van der Waals surface area contributed by atoms with Crippen LogP contribution in [0.4, 0.5) is 5.69 Å². The van der Waals surface area contributed by atoms with Crippen LogP contribution in [0.5, 0.6) is 0 Å². The Bertz CT molecular complexity index is 597. The van der Waals surface area contributed by atoms with Crippen LogP contribution in [0.2, 0.25) is 0 Å². The van der Waals surface area contributed by atoms with Crippen molar-refractivity contribution in [3.05, 3.63) is 57.8 Å². The minimum atomic E-state index is -0.373. The Hall–Kier alpha value is -1.88. The molecule has 0 atom stereocenters. The number of ether oxygens (including phenoxy) is 1. The van der Waals surface area contributed by atoms with Crippen LogP contribution >= 0.6 is 15.9 Å². The molecule has 4 nitrogen and oxygen atoms in total. The highest BCUT2D eigenvalue weighted by Crippen LogP contribution is 2.14. The first kappa shape index (κ1) is 13.5. The van der Waals surface area contributed by atoms with E-state index in [2.05, 4.69) is 20.9 Å². The van der Waals surface area contributed by atoms with Crippen molar-refractivity contribution >= 4 is 27.6 Å². The van der Waals surface area contributed by atoms with Crippen LogP contribution in [0.25, 0.3) is 0 Å². The number of nitrogens with zero attached hydrogens (tertiary/aromatic N) is 1. The second-order valence-corrected chi connectivity index (χ2v) is 5.03. The number of hydrogen-bond acceptors (Lipinski definition) is 4. The highest BCUT2D eigenvalue weighted by atomic mass is 79.9. The van der Waals surface area contributed by atoms with Crippen molar-refractivity contribution in [2.24, 2.45) is 0 Å². The summed E-state index contributed by atoms with van der Waals surface area (Å²) < 4.78 is 6.10. The molecule has 0 bridgehead atoms. The summed E-state index contributed by atoms with van der Waals surface area (Å²) in [5.41, 5.74) is 8.29. The van der Waals surface area contributed by atoms with Crippen LogP contribution in [-0.4, -0.2) is 11.0 Å². The van der Waals surface area contributed by atoms with Gasteiger partial charge in [-0.3, -0.25) is 4.98 Å². The average Bonchev–Trinajstić information content (AvgIpc) is 2.37. The Morgan fingerprint density at radius 3 is 2.79 bits per heavy atom. The van der Waals surface area contributed by atoms with Crippen LogP contribution in [0.15, 0.2) is 41.0 Å². The van der Waals surface area contributed by atoms with Crippen LogP contribution in [0.1, 0.15) is 21.6 Å². The van der Waals surface area contributed by atoms with E-state index in [1.54, 1.807) is 30.5 Å². The van der Waals surface area contributed by atoms with Gasteiger partial charge in [-0.2, -0.15) is 0 Å². The predicted octanol–water partition coefficient (Wildman–Crippen LogP) is 3.09. The van der Waals surface area contributed by atoms with E-state index >= 15 is 0 Å². The third kappa shape index (κ3) is 3.54. The molecule has 0 unspecified atom stereocenters. The lowest BCUT2D eigenvalue weighted by Gasteiger charge is -2.07. The third-order valence-corrected chi connectivity index (χ3v) is 3.08. The fourth-order valence-corrected chi connectivity index (χ4v) is 1.86. The molecule has 0 aliphatic carbocycles. The maximum absolute atomic E-state index is 11.9. The number of aryl methyl sites for hydroxylation is 1. The van der Waals surface area contributed by atoms with E-state index in [1.165, 1.54) is 0 Å². The summed E-state index contributed by atoms with van der Waals surface area (Å²) in [5.74, 6) is -0.373. The number of benzene rings is 1. The van der Waals surface area contributed by atoms with Crippen molar-refractivity contribution in [1.29, 1.82) is 0 Å². The summed E-state index contributed by atoms with van der Waals surface area (Å²) >= 11 is 3.30. The molecule has 1 aromatic heterocycles. The quantitative estimate of drug-likeness (QED) is 0.697. The Morgan fingerprint density at radius 1 is 1.37 bits per heavy atom. The van der Waals surface area contributed by atoms with Gasteiger partial charge in [-0.15, -0.1) is 0 Å². The van der Waals surface area contributed by atoms with E-state index < -0.39 is 0 Å². The number of anilines is 1. The maximum Gasteiger partial charge on any atom is 0.338 e. The summed E-state index contributed by atoms with van der Waals surface area (Å²) in [6, 6.07) is 8.75. The van der Waals surface area contributed by atoms with Crippen molar-refractivity contribution in [3.63, 3.8) is 0 Å². The van der Waals surface area contributed by atoms with Gasteiger partial charge in [0.25, 0.3) is 0 Å². The van der Waals surface area contributed by atoms with Gasteiger partial charge in [0.1, 0.15) is 6.61 Å². The van der Waals surface area contributed by atoms with Gasteiger partial charge in [-0.1, -0.05) is 0 Å². The molecule has 1 heterocycles. The Balaban J connectivity index is 2.03. The molecule has 5 heteroatoms. The van der Waals surface area contributed by atoms with E-state index in [1.807, 2.05) is 13.0 Å². The summed E-state index contributed by atoms with van der Waals surface area (Å²) in [7, 11) is 0. The van der Waals surface area contributed by atoms with Gasteiger partial charge in [-0.25, -0.2) is 4.79 Å². The Morgan fingerprint density at radius 2 is 2.16 bits per heavy atom. The number of nitrogen functional groups attached to an aromatic ring is 1. The molecule has 0 aliphatic rings. The monoisotopic (exact) mass is 320 g/mol. The SMILES string of the molecule is Cc1cc(N)ccc1C(=O)OCc1ccc(Br)cn1. The number of rotatable bonds is 3. The second kappa shape index (κ2) is 5.84. The number of halogens is 1. The largest absolute Gasteiger partial charge is 0.456 e. The van der Waals surface area contributed by atoms with E-state index in [9.17, 15) is 4.79 Å². The number of carbonyl (C=O) groups is 1.